The molecule has 2 fully saturated rings. The van der Waals surface area contributed by atoms with E-state index in [1.165, 1.54) is 0 Å². The van der Waals surface area contributed by atoms with Gasteiger partial charge in [-0.15, -0.1) is 0 Å². The number of hydrogen-bond donors (Lipinski definition) is 1. The molecule has 2 aromatic rings. The summed E-state index contributed by atoms with van der Waals surface area (Å²) in [6.07, 6.45) is 6.35. The summed E-state index contributed by atoms with van der Waals surface area (Å²) in [6, 6.07) is 5.65. The molecule has 2 unspecified atom stereocenters. The summed E-state index contributed by atoms with van der Waals surface area (Å²) in [6.45, 7) is 1.46. The van der Waals surface area contributed by atoms with Gasteiger partial charge in [0.15, 0.2) is 0 Å². The Morgan fingerprint density at radius 2 is 2.04 bits per heavy atom. The summed E-state index contributed by atoms with van der Waals surface area (Å²) in [5, 5.41) is 4.04. The van der Waals surface area contributed by atoms with Gasteiger partial charge in [0.05, 0.1) is 5.92 Å². The fourth-order valence-electron chi connectivity index (χ4n) is 3.88. The molecule has 2 aromatic heterocycles. The van der Waals surface area contributed by atoms with E-state index in [-0.39, 0.29) is 23.8 Å². The van der Waals surface area contributed by atoms with Crippen LogP contribution in [-0.4, -0.2) is 45.1 Å². The number of nitrogens with zero attached hydrogens (tertiary/aromatic N) is 4. The molecule has 0 spiro atoms. The van der Waals surface area contributed by atoms with Gasteiger partial charge in [0.2, 0.25) is 17.6 Å². The van der Waals surface area contributed by atoms with Crippen LogP contribution in [0.15, 0.2) is 28.9 Å². The van der Waals surface area contributed by atoms with Crippen molar-refractivity contribution in [1.82, 2.24) is 20.0 Å². The second-order valence-electron chi connectivity index (χ2n) is 6.97. The molecule has 7 heteroatoms. The van der Waals surface area contributed by atoms with Crippen molar-refractivity contribution >= 4 is 5.91 Å². The van der Waals surface area contributed by atoms with E-state index in [9.17, 15) is 4.79 Å². The predicted molar refractivity (Wildman–Crippen MR) is 91.4 cm³/mol. The van der Waals surface area contributed by atoms with Crippen molar-refractivity contribution in [2.75, 3.05) is 13.1 Å². The molecule has 132 valence electrons. The number of nitrogens with two attached hydrogens (primary N) is 1. The van der Waals surface area contributed by atoms with Crippen molar-refractivity contribution < 1.29 is 9.32 Å². The molecule has 0 aromatic carbocycles. The average Bonchev–Trinajstić information content (AvgIpc) is 3.31. The molecule has 1 saturated carbocycles. The Labute approximate surface area is 146 Å². The van der Waals surface area contributed by atoms with E-state index in [2.05, 4.69) is 15.1 Å². The monoisotopic (exact) mass is 341 g/mol. The van der Waals surface area contributed by atoms with Gasteiger partial charge in [-0.05, 0) is 37.8 Å². The van der Waals surface area contributed by atoms with Crippen LogP contribution < -0.4 is 5.73 Å². The van der Waals surface area contributed by atoms with Crippen molar-refractivity contribution in [2.45, 2.75) is 44.1 Å². The van der Waals surface area contributed by atoms with Gasteiger partial charge in [-0.2, -0.15) is 4.98 Å². The summed E-state index contributed by atoms with van der Waals surface area (Å²) in [7, 11) is 0. The average molecular weight is 341 g/mol. The van der Waals surface area contributed by atoms with E-state index in [0.717, 1.165) is 45.2 Å². The van der Waals surface area contributed by atoms with Crippen LogP contribution in [0.3, 0.4) is 0 Å². The highest BCUT2D eigenvalue weighted by Gasteiger charge is 2.35. The molecule has 3 heterocycles. The molecular weight excluding hydrogens is 318 g/mol. The predicted octanol–water partition coefficient (Wildman–Crippen LogP) is 1.97. The van der Waals surface area contributed by atoms with E-state index in [1.807, 2.05) is 23.1 Å². The molecule has 25 heavy (non-hydrogen) atoms. The van der Waals surface area contributed by atoms with Crippen LogP contribution in [0.2, 0.25) is 0 Å². The van der Waals surface area contributed by atoms with Crippen molar-refractivity contribution in [3.63, 3.8) is 0 Å². The SMILES string of the molecule is NC1CCCC1C(=O)N1CCC(c2nc(-c3ccccn3)no2)CC1. The van der Waals surface area contributed by atoms with Crippen LogP contribution in [0, 0.1) is 5.92 Å². The first-order valence-electron chi connectivity index (χ1n) is 9.02. The Kier molecular flexibility index (Phi) is 4.48. The maximum absolute atomic E-state index is 12.6. The number of hydrogen-bond acceptors (Lipinski definition) is 6. The van der Waals surface area contributed by atoms with E-state index < -0.39 is 0 Å². The quantitative estimate of drug-likeness (QED) is 0.916. The minimum Gasteiger partial charge on any atom is -0.342 e. The zero-order valence-electron chi connectivity index (χ0n) is 14.2. The van der Waals surface area contributed by atoms with Crippen molar-refractivity contribution in [3.8, 4) is 11.5 Å². The van der Waals surface area contributed by atoms with Crippen LogP contribution >= 0.6 is 0 Å². The highest BCUT2D eigenvalue weighted by atomic mass is 16.5. The Morgan fingerprint density at radius 1 is 1.20 bits per heavy atom. The van der Waals surface area contributed by atoms with Gasteiger partial charge in [0.1, 0.15) is 5.69 Å². The number of carbonyl (C=O) groups excluding carboxylic acids is 1. The van der Waals surface area contributed by atoms with Crippen LogP contribution in [-0.2, 0) is 4.79 Å². The molecule has 1 saturated heterocycles. The Morgan fingerprint density at radius 3 is 2.72 bits per heavy atom. The largest absolute Gasteiger partial charge is 0.342 e. The molecule has 2 aliphatic rings. The summed E-state index contributed by atoms with van der Waals surface area (Å²) in [5.41, 5.74) is 6.78. The Balaban J connectivity index is 1.37. The van der Waals surface area contributed by atoms with Gasteiger partial charge >= 0.3 is 0 Å². The molecule has 2 N–H and O–H groups in total. The van der Waals surface area contributed by atoms with Crippen molar-refractivity contribution in [2.24, 2.45) is 11.7 Å². The fourth-order valence-corrected chi connectivity index (χ4v) is 3.88. The molecule has 1 aliphatic heterocycles. The van der Waals surface area contributed by atoms with Gasteiger partial charge in [0, 0.05) is 31.2 Å². The minimum absolute atomic E-state index is 0.00992. The normalized spacial score (nSPS) is 24.6. The van der Waals surface area contributed by atoms with Crippen molar-refractivity contribution in [3.05, 3.63) is 30.3 Å². The van der Waals surface area contributed by atoms with Crippen LogP contribution in [0.4, 0.5) is 0 Å². The van der Waals surface area contributed by atoms with Crippen LogP contribution in [0.5, 0.6) is 0 Å². The molecule has 4 rings (SSSR count). The third-order valence-corrected chi connectivity index (χ3v) is 5.38. The van der Waals surface area contributed by atoms with E-state index in [1.54, 1.807) is 6.20 Å². The third kappa shape index (κ3) is 3.28. The third-order valence-electron chi connectivity index (χ3n) is 5.38. The molecule has 2 atom stereocenters. The van der Waals surface area contributed by atoms with Gasteiger partial charge in [-0.3, -0.25) is 9.78 Å². The topological polar surface area (TPSA) is 98.1 Å². The lowest BCUT2D eigenvalue weighted by molar-refractivity contribution is -0.136. The molecule has 1 amide bonds. The number of piperidine rings is 1. The summed E-state index contributed by atoms with van der Waals surface area (Å²) < 4.78 is 5.45. The van der Waals surface area contributed by atoms with Gasteiger partial charge < -0.3 is 15.2 Å². The van der Waals surface area contributed by atoms with Crippen LogP contribution in [0.1, 0.15) is 43.9 Å². The lowest BCUT2D eigenvalue weighted by Gasteiger charge is -2.33. The highest BCUT2D eigenvalue weighted by Crippen LogP contribution is 2.31. The number of amides is 1. The molecule has 1 aliphatic carbocycles. The van der Waals surface area contributed by atoms with E-state index in [0.29, 0.717) is 17.4 Å². The lowest BCUT2D eigenvalue weighted by Crippen LogP contribution is -2.45. The number of carbonyl (C=O) groups is 1. The summed E-state index contributed by atoms with van der Waals surface area (Å²) >= 11 is 0. The van der Waals surface area contributed by atoms with Crippen molar-refractivity contribution in [1.29, 1.82) is 0 Å². The molecule has 0 bridgehead atoms. The first-order chi connectivity index (χ1) is 12.2. The molecular formula is C18H23N5O2. The van der Waals surface area contributed by atoms with Gasteiger partial charge in [-0.1, -0.05) is 17.6 Å². The zero-order chi connectivity index (χ0) is 17.2. The molecule has 0 radical (unpaired) electrons. The zero-order valence-corrected chi connectivity index (χ0v) is 14.2. The standard InChI is InChI=1S/C18H23N5O2/c19-14-5-3-4-13(14)18(24)23-10-7-12(8-11-23)17-21-16(22-25-17)15-6-1-2-9-20-15/h1-2,6,9,12-14H,3-5,7-8,10-11,19H2. The summed E-state index contributed by atoms with van der Waals surface area (Å²) in [4.78, 5) is 23.3. The fraction of sp³-hybridized carbons (Fsp3) is 0.556. The van der Waals surface area contributed by atoms with E-state index in [4.69, 9.17) is 10.3 Å². The minimum atomic E-state index is 0.00992. The highest BCUT2D eigenvalue weighted by molar-refractivity contribution is 5.80. The number of aromatic nitrogens is 3. The number of pyridine rings is 1. The van der Waals surface area contributed by atoms with Gasteiger partial charge in [0.25, 0.3) is 0 Å². The maximum atomic E-state index is 12.6. The summed E-state index contributed by atoms with van der Waals surface area (Å²) in [5.74, 6) is 1.60. The first kappa shape index (κ1) is 16.2. The van der Waals surface area contributed by atoms with Gasteiger partial charge in [-0.25, -0.2) is 0 Å². The Hall–Kier alpha value is -2.28. The number of rotatable bonds is 3. The Bertz CT molecular complexity index is 724. The van der Waals surface area contributed by atoms with Crippen LogP contribution in [0.25, 0.3) is 11.5 Å². The second kappa shape index (κ2) is 6.92. The van der Waals surface area contributed by atoms with E-state index >= 15 is 0 Å². The maximum Gasteiger partial charge on any atom is 0.230 e. The second-order valence-corrected chi connectivity index (χ2v) is 6.97. The molecule has 7 nitrogen and oxygen atoms in total. The first-order valence-corrected chi connectivity index (χ1v) is 9.02. The lowest BCUT2D eigenvalue weighted by atomic mass is 9.94. The number of likely N-dealkylation sites (tertiary alicyclic amines) is 1. The smallest absolute Gasteiger partial charge is 0.230 e.